The Morgan fingerprint density at radius 3 is 2.65 bits per heavy atom. The van der Waals surface area contributed by atoms with Crippen molar-refractivity contribution < 1.29 is 4.79 Å². The van der Waals surface area contributed by atoms with E-state index in [0.29, 0.717) is 16.8 Å². The number of nitrogens with one attached hydrogen (secondary N) is 2. The summed E-state index contributed by atoms with van der Waals surface area (Å²) in [6.45, 7) is 1.96. The molecule has 5 nitrogen and oxygen atoms in total. The fourth-order valence-electron chi connectivity index (χ4n) is 2.29. The number of nitrogens with zero attached hydrogens (tertiary/aromatic N) is 2. The minimum Gasteiger partial charge on any atom is -0.348 e. The predicted octanol–water partition coefficient (Wildman–Crippen LogP) is 3.51. The molecule has 2 N–H and O–H groups in total. The monoisotopic (exact) mass is 302 g/mol. The van der Waals surface area contributed by atoms with Gasteiger partial charge in [-0.15, -0.1) is 0 Å². The van der Waals surface area contributed by atoms with Crippen LogP contribution in [0.25, 0.3) is 11.3 Å². The second kappa shape index (κ2) is 6.16. The number of hydrogen-bond acceptors (Lipinski definition) is 3. The topological polar surface area (TPSA) is 81.6 Å². The molecule has 0 aliphatic rings. The summed E-state index contributed by atoms with van der Waals surface area (Å²) in [7, 11) is 0. The van der Waals surface area contributed by atoms with Crippen molar-refractivity contribution in [3.63, 3.8) is 0 Å². The molecule has 23 heavy (non-hydrogen) atoms. The number of benzene rings is 2. The van der Waals surface area contributed by atoms with Crippen LogP contribution in [-0.2, 0) is 0 Å². The SMILES string of the molecule is Cc1[nH]cnc1-c1ccc(NC(=O)c2cccc(C#N)c2)cc1. The van der Waals surface area contributed by atoms with Crippen LogP contribution in [0.5, 0.6) is 0 Å². The number of imidazole rings is 1. The standard InChI is InChI=1S/C18H14N4O/c1-12-17(21-11-20-12)14-5-7-16(8-6-14)22-18(23)15-4-2-3-13(9-15)10-19/h2-9,11H,1H3,(H,20,21)(H,22,23). The molecule has 0 bridgehead atoms. The van der Waals surface area contributed by atoms with E-state index in [1.54, 1.807) is 30.6 Å². The van der Waals surface area contributed by atoms with Crippen LogP contribution in [-0.4, -0.2) is 15.9 Å². The van der Waals surface area contributed by atoms with Crippen LogP contribution in [0.3, 0.4) is 0 Å². The minimum atomic E-state index is -0.245. The van der Waals surface area contributed by atoms with Crippen molar-refractivity contribution in [2.45, 2.75) is 6.92 Å². The molecule has 0 atom stereocenters. The third-order valence-electron chi connectivity index (χ3n) is 3.50. The zero-order valence-corrected chi connectivity index (χ0v) is 12.5. The summed E-state index contributed by atoms with van der Waals surface area (Å²) in [4.78, 5) is 19.5. The first-order valence-electron chi connectivity index (χ1n) is 7.09. The Kier molecular flexibility index (Phi) is 3.89. The molecule has 1 heterocycles. The van der Waals surface area contributed by atoms with Crippen molar-refractivity contribution >= 4 is 11.6 Å². The molecule has 0 fully saturated rings. The average molecular weight is 302 g/mol. The number of aromatic amines is 1. The van der Waals surface area contributed by atoms with Gasteiger partial charge in [0.15, 0.2) is 0 Å². The molecular weight excluding hydrogens is 288 g/mol. The van der Waals surface area contributed by atoms with Crippen molar-refractivity contribution in [3.8, 4) is 17.3 Å². The van der Waals surface area contributed by atoms with Gasteiger partial charge in [0, 0.05) is 22.5 Å². The largest absolute Gasteiger partial charge is 0.348 e. The van der Waals surface area contributed by atoms with Crippen LogP contribution in [0.1, 0.15) is 21.6 Å². The van der Waals surface area contributed by atoms with Crippen LogP contribution in [0, 0.1) is 18.3 Å². The number of hydrogen-bond donors (Lipinski definition) is 2. The van der Waals surface area contributed by atoms with Crippen molar-refractivity contribution in [2.24, 2.45) is 0 Å². The lowest BCUT2D eigenvalue weighted by Gasteiger charge is -2.06. The van der Waals surface area contributed by atoms with Crippen molar-refractivity contribution in [1.29, 1.82) is 5.26 Å². The zero-order valence-electron chi connectivity index (χ0n) is 12.5. The summed E-state index contributed by atoms with van der Waals surface area (Å²) in [6, 6.07) is 16.1. The number of carbonyl (C=O) groups is 1. The summed E-state index contributed by atoms with van der Waals surface area (Å²) in [6.07, 6.45) is 1.66. The second-order valence-corrected chi connectivity index (χ2v) is 5.10. The predicted molar refractivity (Wildman–Crippen MR) is 87.9 cm³/mol. The quantitative estimate of drug-likeness (QED) is 0.776. The number of carbonyl (C=O) groups excluding carboxylic acids is 1. The Morgan fingerprint density at radius 2 is 2.00 bits per heavy atom. The molecule has 0 unspecified atom stereocenters. The third-order valence-corrected chi connectivity index (χ3v) is 3.50. The van der Waals surface area contributed by atoms with Gasteiger partial charge in [-0.2, -0.15) is 5.26 Å². The molecule has 1 amide bonds. The Balaban J connectivity index is 1.77. The van der Waals surface area contributed by atoms with Crippen molar-refractivity contribution in [2.75, 3.05) is 5.32 Å². The first-order chi connectivity index (χ1) is 11.2. The molecule has 112 valence electrons. The molecule has 0 aliphatic heterocycles. The lowest BCUT2D eigenvalue weighted by Crippen LogP contribution is -2.11. The normalized spacial score (nSPS) is 10.1. The van der Waals surface area contributed by atoms with Gasteiger partial charge in [-0.3, -0.25) is 4.79 Å². The molecule has 1 aromatic heterocycles. The number of aryl methyl sites for hydroxylation is 1. The van der Waals surface area contributed by atoms with E-state index in [4.69, 9.17) is 5.26 Å². The summed E-state index contributed by atoms with van der Waals surface area (Å²) in [5.41, 5.74) is 4.47. The number of rotatable bonds is 3. The van der Waals surface area contributed by atoms with E-state index in [0.717, 1.165) is 17.0 Å². The molecule has 0 spiro atoms. The fraction of sp³-hybridized carbons (Fsp3) is 0.0556. The number of anilines is 1. The van der Waals surface area contributed by atoms with Gasteiger partial charge in [0.25, 0.3) is 5.91 Å². The van der Waals surface area contributed by atoms with Crippen LogP contribution >= 0.6 is 0 Å². The molecule has 0 saturated heterocycles. The first kappa shape index (κ1) is 14.5. The molecule has 0 aliphatic carbocycles. The average Bonchev–Trinajstić information content (AvgIpc) is 3.01. The van der Waals surface area contributed by atoms with Gasteiger partial charge in [-0.25, -0.2) is 4.98 Å². The third kappa shape index (κ3) is 3.11. The lowest BCUT2D eigenvalue weighted by atomic mass is 10.1. The molecule has 3 rings (SSSR count). The summed E-state index contributed by atoms with van der Waals surface area (Å²) >= 11 is 0. The smallest absolute Gasteiger partial charge is 0.255 e. The van der Waals surface area contributed by atoms with E-state index in [2.05, 4.69) is 15.3 Å². The number of amides is 1. The van der Waals surface area contributed by atoms with Gasteiger partial charge >= 0.3 is 0 Å². The highest BCUT2D eigenvalue weighted by Crippen LogP contribution is 2.22. The van der Waals surface area contributed by atoms with Gasteiger partial charge in [0.2, 0.25) is 0 Å². The van der Waals surface area contributed by atoms with E-state index in [-0.39, 0.29) is 5.91 Å². The van der Waals surface area contributed by atoms with Gasteiger partial charge in [-0.05, 0) is 37.3 Å². The van der Waals surface area contributed by atoms with E-state index in [1.807, 2.05) is 37.3 Å². The highest BCUT2D eigenvalue weighted by atomic mass is 16.1. The van der Waals surface area contributed by atoms with Gasteiger partial charge in [0.1, 0.15) is 0 Å². The fourth-order valence-corrected chi connectivity index (χ4v) is 2.29. The highest BCUT2D eigenvalue weighted by Gasteiger charge is 2.08. The maximum absolute atomic E-state index is 12.2. The summed E-state index contributed by atoms with van der Waals surface area (Å²) in [5, 5.41) is 11.7. The Labute approximate surface area is 133 Å². The first-order valence-corrected chi connectivity index (χ1v) is 7.09. The molecule has 0 radical (unpaired) electrons. The second-order valence-electron chi connectivity index (χ2n) is 5.10. The Morgan fingerprint density at radius 1 is 1.22 bits per heavy atom. The van der Waals surface area contributed by atoms with E-state index >= 15 is 0 Å². The van der Waals surface area contributed by atoms with Gasteiger partial charge < -0.3 is 10.3 Å². The van der Waals surface area contributed by atoms with Crippen LogP contribution < -0.4 is 5.32 Å². The zero-order chi connectivity index (χ0) is 16.2. The van der Waals surface area contributed by atoms with E-state index in [9.17, 15) is 4.79 Å². The van der Waals surface area contributed by atoms with Crippen LogP contribution in [0.2, 0.25) is 0 Å². The van der Waals surface area contributed by atoms with Gasteiger partial charge in [-0.1, -0.05) is 18.2 Å². The summed E-state index contributed by atoms with van der Waals surface area (Å²) in [5.74, 6) is -0.245. The maximum atomic E-state index is 12.2. The molecule has 5 heteroatoms. The number of aromatic nitrogens is 2. The highest BCUT2D eigenvalue weighted by molar-refractivity contribution is 6.04. The van der Waals surface area contributed by atoms with Crippen molar-refractivity contribution in [3.05, 3.63) is 71.7 Å². The van der Waals surface area contributed by atoms with Crippen LogP contribution in [0.4, 0.5) is 5.69 Å². The molecule has 0 saturated carbocycles. The van der Waals surface area contributed by atoms with Crippen LogP contribution in [0.15, 0.2) is 54.9 Å². The summed E-state index contributed by atoms with van der Waals surface area (Å²) < 4.78 is 0. The minimum absolute atomic E-state index is 0.245. The molecular formula is C18H14N4O. The Hall–Kier alpha value is -3.39. The van der Waals surface area contributed by atoms with E-state index in [1.165, 1.54) is 0 Å². The van der Waals surface area contributed by atoms with Crippen molar-refractivity contribution in [1.82, 2.24) is 9.97 Å². The van der Waals surface area contributed by atoms with Gasteiger partial charge in [0.05, 0.1) is 23.7 Å². The Bertz CT molecular complexity index is 888. The number of H-pyrrole nitrogens is 1. The molecule has 3 aromatic rings. The van der Waals surface area contributed by atoms with E-state index < -0.39 is 0 Å². The molecule has 2 aromatic carbocycles. The lowest BCUT2D eigenvalue weighted by molar-refractivity contribution is 0.102. The maximum Gasteiger partial charge on any atom is 0.255 e. The number of nitriles is 1.